The molecule has 1 aromatic heterocycles. The molecule has 3 aromatic rings. The fraction of sp³-hybridized carbons (Fsp3) is 0.500. The first-order valence-corrected chi connectivity index (χ1v) is 15.6. The number of methoxy groups -OCH3 is 1. The topological polar surface area (TPSA) is 71.9 Å². The molecule has 6 heteroatoms. The van der Waals surface area contributed by atoms with E-state index in [1.807, 2.05) is 19.2 Å². The van der Waals surface area contributed by atoms with Crippen molar-refractivity contribution in [3.8, 4) is 22.8 Å². The predicted molar refractivity (Wildman–Crippen MR) is 165 cm³/mol. The number of likely N-dealkylation sites (tertiary alicyclic amines) is 1. The lowest BCUT2D eigenvalue weighted by atomic mass is 9.82. The Morgan fingerprint density at radius 2 is 1.95 bits per heavy atom. The molecule has 42 heavy (non-hydrogen) atoms. The standard InChI is InChI=1S/C36H44N2O4/c1-23(35(39)40)34(25-8-9-25)28-10-7-24-12-14-31(42-32(24)20-28)27-11-13-30(26-15-17-37-33(21-26)41-4)29(19-27)22-38-18-6-5-16-36(38,2)3/h7,10-11,13,15,17,19-21,23,25,31,34H,5-6,8-9,12,14,16,18,22H2,1-4H3,(H,39,40)/t23-,31-,34-/m0/s1. The molecule has 2 fully saturated rings. The first-order valence-electron chi connectivity index (χ1n) is 15.6. The van der Waals surface area contributed by atoms with Crippen LogP contribution >= 0.6 is 0 Å². The van der Waals surface area contributed by atoms with E-state index in [4.69, 9.17) is 9.47 Å². The zero-order valence-corrected chi connectivity index (χ0v) is 25.4. The van der Waals surface area contributed by atoms with E-state index >= 15 is 0 Å². The number of carboxylic acids is 1. The number of nitrogens with zero attached hydrogens (tertiary/aromatic N) is 2. The Labute approximate surface area is 250 Å². The number of hydrogen-bond acceptors (Lipinski definition) is 5. The number of piperidine rings is 1. The number of carboxylic acid groups (broad SMARTS) is 1. The van der Waals surface area contributed by atoms with Crippen molar-refractivity contribution in [1.82, 2.24) is 9.88 Å². The quantitative estimate of drug-likeness (QED) is 0.284. The van der Waals surface area contributed by atoms with Gasteiger partial charge in [-0.1, -0.05) is 43.7 Å². The van der Waals surface area contributed by atoms with Crippen molar-refractivity contribution < 1.29 is 19.4 Å². The summed E-state index contributed by atoms with van der Waals surface area (Å²) in [5.41, 5.74) is 7.26. The van der Waals surface area contributed by atoms with Crippen LogP contribution in [-0.2, 0) is 17.8 Å². The predicted octanol–water partition coefficient (Wildman–Crippen LogP) is 7.80. The molecule has 3 aliphatic rings. The van der Waals surface area contributed by atoms with Crippen molar-refractivity contribution in [3.05, 3.63) is 77.0 Å². The lowest BCUT2D eigenvalue weighted by molar-refractivity contribution is -0.142. The van der Waals surface area contributed by atoms with Crippen LogP contribution < -0.4 is 9.47 Å². The number of fused-ring (bicyclic) bond motifs is 1. The van der Waals surface area contributed by atoms with Gasteiger partial charge in [-0.15, -0.1) is 0 Å². The van der Waals surface area contributed by atoms with Crippen molar-refractivity contribution in [2.75, 3.05) is 13.7 Å². The molecule has 0 radical (unpaired) electrons. The van der Waals surface area contributed by atoms with Crippen LogP contribution in [0.1, 0.15) is 93.6 Å². The van der Waals surface area contributed by atoms with Crippen LogP contribution in [0, 0.1) is 11.8 Å². The molecule has 0 spiro atoms. The molecule has 1 aliphatic carbocycles. The second-order valence-corrected chi connectivity index (χ2v) is 13.2. The summed E-state index contributed by atoms with van der Waals surface area (Å²) in [5, 5.41) is 9.78. The van der Waals surface area contributed by atoms with Crippen molar-refractivity contribution in [1.29, 1.82) is 0 Å². The SMILES string of the molecule is COc1cc(-c2ccc([C@@H]3CCc4ccc([C@H](C5CC5)[C@H](C)C(=O)O)cc4O3)cc2CN2CCCCC2(C)C)ccn1. The van der Waals surface area contributed by atoms with E-state index in [0.29, 0.717) is 11.8 Å². The first kappa shape index (κ1) is 28.7. The summed E-state index contributed by atoms with van der Waals surface area (Å²) in [4.78, 5) is 18.9. The number of aryl methyl sites for hydroxylation is 1. The minimum Gasteiger partial charge on any atom is -0.485 e. The molecule has 6 nitrogen and oxygen atoms in total. The zero-order chi connectivity index (χ0) is 29.4. The Bertz CT molecular complexity index is 1450. The van der Waals surface area contributed by atoms with Gasteiger partial charge in [-0.05, 0) is 116 Å². The molecule has 1 N–H and O–H groups in total. The lowest BCUT2D eigenvalue weighted by Crippen LogP contribution is -2.46. The lowest BCUT2D eigenvalue weighted by Gasteiger charge is -2.43. The Hall–Kier alpha value is -3.38. The summed E-state index contributed by atoms with van der Waals surface area (Å²) in [5.74, 6) is 0.886. The highest BCUT2D eigenvalue weighted by Gasteiger charge is 2.39. The zero-order valence-electron chi connectivity index (χ0n) is 25.4. The average molecular weight is 569 g/mol. The molecule has 222 valence electrons. The fourth-order valence-electron chi connectivity index (χ4n) is 7.14. The van der Waals surface area contributed by atoms with Gasteiger partial charge in [0, 0.05) is 24.3 Å². The van der Waals surface area contributed by atoms with Crippen LogP contribution in [0.25, 0.3) is 11.1 Å². The molecule has 3 atom stereocenters. The highest BCUT2D eigenvalue weighted by molar-refractivity contribution is 5.71. The third kappa shape index (κ3) is 5.92. The number of aliphatic carboxylic acids is 1. The van der Waals surface area contributed by atoms with Crippen LogP contribution in [0.2, 0.25) is 0 Å². The van der Waals surface area contributed by atoms with Crippen LogP contribution in [0.5, 0.6) is 11.6 Å². The number of ether oxygens (including phenoxy) is 2. The monoisotopic (exact) mass is 568 g/mol. The van der Waals surface area contributed by atoms with Crippen molar-refractivity contribution >= 4 is 5.97 Å². The van der Waals surface area contributed by atoms with Crippen LogP contribution in [0.3, 0.4) is 0 Å². The van der Waals surface area contributed by atoms with E-state index in [9.17, 15) is 9.90 Å². The molecule has 6 rings (SSSR count). The van der Waals surface area contributed by atoms with Gasteiger partial charge in [0.1, 0.15) is 11.9 Å². The molecular formula is C36H44N2O4. The summed E-state index contributed by atoms with van der Waals surface area (Å²) in [7, 11) is 1.66. The second kappa shape index (κ2) is 11.7. The van der Waals surface area contributed by atoms with Gasteiger partial charge in [-0.2, -0.15) is 0 Å². The van der Waals surface area contributed by atoms with Gasteiger partial charge >= 0.3 is 5.97 Å². The van der Waals surface area contributed by atoms with Crippen molar-refractivity contribution in [2.24, 2.45) is 11.8 Å². The summed E-state index contributed by atoms with van der Waals surface area (Å²) in [6.07, 6.45) is 9.56. The molecule has 2 aromatic carbocycles. The van der Waals surface area contributed by atoms with Gasteiger partial charge in [0.15, 0.2) is 0 Å². The maximum absolute atomic E-state index is 11.9. The first-order chi connectivity index (χ1) is 20.2. The normalized spacial score (nSPS) is 21.6. The van der Waals surface area contributed by atoms with Crippen LogP contribution in [0.15, 0.2) is 54.7 Å². The molecule has 0 amide bonds. The molecule has 0 bridgehead atoms. The maximum Gasteiger partial charge on any atom is 0.306 e. The summed E-state index contributed by atoms with van der Waals surface area (Å²) < 4.78 is 12.2. The molecular weight excluding hydrogens is 524 g/mol. The smallest absolute Gasteiger partial charge is 0.306 e. The van der Waals surface area contributed by atoms with Crippen LogP contribution in [0.4, 0.5) is 0 Å². The fourth-order valence-corrected chi connectivity index (χ4v) is 7.14. The molecule has 3 heterocycles. The van der Waals surface area contributed by atoms with Gasteiger partial charge in [0.05, 0.1) is 13.0 Å². The molecule has 2 aliphatic heterocycles. The van der Waals surface area contributed by atoms with Gasteiger partial charge in [0.25, 0.3) is 0 Å². The number of aromatic nitrogens is 1. The number of carbonyl (C=O) groups is 1. The van der Waals surface area contributed by atoms with E-state index in [1.165, 1.54) is 41.5 Å². The van der Waals surface area contributed by atoms with Gasteiger partial charge < -0.3 is 14.6 Å². The third-order valence-electron chi connectivity index (χ3n) is 9.92. The molecule has 1 saturated carbocycles. The average Bonchev–Trinajstić information content (AvgIpc) is 3.83. The van der Waals surface area contributed by atoms with Crippen molar-refractivity contribution in [2.45, 2.75) is 89.8 Å². The maximum atomic E-state index is 11.9. The Balaban J connectivity index is 1.32. The minimum absolute atomic E-state index is 0.0351. The van der Waals surface area contributed by atoms with E-state index < -0.39 is 11.9 Å². The van der Waals surface area contributed by atoms with Crippen LogP contribution in [-0.4, -0.2) is 40.2 Å². The van der Waals surface area contributed by atoms with E-state index in [0.717, 1.165) is 55.6 Å². The second-order valence-electron chi connectivity index (χ2n) is 13.2. The molecule has 1 saturated heterocycles. The molecule has 0 unspecified atom stereocenters. The summed E-state index contributed by atoms with van der Waals surface area (Å²) in [6.45, 7) is 8.56. The van der Waals surface area contributed by atoms with Gasteiger partial charge in [0.2, 0.25) is 5.88 Å². The van der Waals surface area contributed by atoms with Gasteiger partial charge in [-0.25, -0.2) is 4.98 Å². The Morgan fingerprint density at radius 3 is 2.69 bits per heavy atom. The van der Waals surface area contributed by atoms with E-state index in [1.54, 1.807) is 7.11 Å². The summed E-state index contributed by atoms with van der Waals surface area (Å²) in [6, 6.07) is 17.3. The van der Waals surface area contributed by atoms with E-state index in [2.05, 4.69) is 66.2 Å². The van der Waals surface area contributed by atoms with Crippen molar-refractivity contribution in [3.63, 3.8) is 0 Å². The number of hydrogen-bond donors (Lipinski definition) is 1. The number of pyridine rings is 1. The Morgan fingerprint density at radius 1 is 1.12 bits per heavy atom. The number of rotatable bonds is 9. The minimum atomic E-state index is -0.722. The third-order valence-corrected chi connectivity index (χ3v) is 9.92. The Kier molecular flexibility index (Phi) is 8.01. The highest BCUT2D eigenvalue weighted by atomic mass is 16.5. The van der Waals surface area contributed by atoms with E-state index in [-0.39, 0.29) is 17.6 Å². The number of benzene rings is 2. The largest absolute Gasteiger partial charge is 0.485 e. The highest BCUT2D eigenvalue weighted by Crippen LogP contribution is 2.48. The van der Waals surface area contributed by atoms with Gasteiger partial charge in [-0.3, -0.25) is 9.69 Å². The summed E-state index contributed by atoms with van der Waals surface area (Å²) >= 11 is 0.